The molecule has 0 amide bonds. The molecule has 8 nitrogen and oxygen atoms in total. The molecule has 2 rings (SSSR count). The number of guanidine groups is 1. The zero-order chi connectivity index (χ0) is 19.2. The number of aryl methyl sites for hydroxylation is 1. The van der Waals surface area contributed by atoms with Gasteiger partial charge >= 0.3 is 0 Å². The predicted molar refractivity (Wildman–Crippen MR) is 119 cm³/mol. The van der Waals surface area contributed by atoms with Crippen molar-refractivity contribution in [3.8, 4) is 0 Å². The first kappa shape index (κ1) is 24.2. The molecule has 0 saturated carbocycles. The summed E-state index contributed by atoms with van der Waals surface area (Å²) in [6.07, 6.45) is 4.11. The SMILES string of the molecule is CN=C(NCc1ccn(C)c1)N1CCN(S(=O)(=O)CCOC(C)C)CC1.I. The van der Waals surface area contributed by atoms with E-state index in [1.54, 1.807) is 11.4 Å². The Labute approximate surface area is 180 Å². The Morgan fingerprint density at radius 1 is 1.30 bits per heavy atom. The lowest BCUT2D eigenvalue weighted by molar-refractivity contribution is 0.0904. The Hall–Kier alpha value is -0.850. The van der Waals surface area contributed by atoms with Crippen LogP contribution in [0.25, 0.3) is 0 Å². The number of aromatic nitrogens is 1. The van der Waals surface area contributed by atoms with Crippen LogP contribution in [0.4, 0.5) is 0 Å². The number of rotatable bonds is 7. The summed E-state index contributed by atoms with van der Waals surface area (Å²) in [5.41, 5.74) is 1.18. The lowest BCUT2D eigenvalue weighted by Gasteiger charge is -2.35. The molecular formula is C17H32IN5O3S. The smallest absolute Gasteiger partial charge is 0.216 e. The number of piperazine rings is 1. The van der Waals surface area contributed by atoms with Gasteiger partial charge in [0.2, 0.25) is 10.0 Å². The highest BCUT2D eigenvalue weighted by Crippen LogP contribution is 2.09. The second-order valence-corrected chi connectivity index (χ2v) is 8.80. The zero-order valence-corrected chi connectivity index (χ0v) is 19.7. The zero-order valence-electron chi connectivity index (χ0n) is 16.6. The van der Waals surface area contributed by atoms with Crippen LogP contribution in [0.1, 0.15) is 19.4 Å². The van der Waals surface area contributed by atoms with Crippen molar-refractivity contribution in [1.82, 2.24) is 19.1 Å². The summed E-state index contributed by atoms with van der Waals surface area (Å²) in [5.74, 6) is 0.834. The van der Waals surface area contributed by atoms with Crippen molar-refractivity contribution >= 4 is 40.0 Å². The molecule has 0 spiro atoms. The molecule has 156 valence electrons. The van der Waals surface area contributed by atoms with Crippen molar-refractivity contribution in [1.29, 1.82) is 0 Å². The molecule has 27 heavy (non-hydrogen) atoms. The molecule has 1 aliphatic rings. The lowest BCUT2D eigenvalue weighted by Crippen LogP contribution is -2.54. The number of nitrogens with zero attached hydrogens (tertiary/aromatic N) is 4. The van der Waals surface area contributed by atoms with Crippen LogP contribution in [0.15, 0.2) is 23.5 Å². The van der Waals surface area contributed by atoms with Gasteiger partial charge in [0.15, 0.2) is 5.96 Å². The molecule has 1 aliphatic heterocycles. The quantitative estimate of drug-likeness (QED) is 0.336. The van der Waals surface area contributed by atoms with Gasteiger partial charge in [-0.3, -0.25) is 4.99 Å². The van der Waals surface area contributed by atoms with Crippen LogP contribution in [0.3, 0.4) is 0 Å². The average molecular weight is 513 g/mol. The van der Waals surface area contributed by atoms with Gasteiger partial charge in [0.25, 0.3) is 0 Å². The van der Waals surface area contributed by atoms with E-state index < -0.39 is 10.0 Å². The second kappa shape index (κ2) is 11.2. The van der Waals surface area contributed by atoms with Crippen molar-refractivity contribution in [2.75, 3.05) is 45.6 Å². The minimum Gasteiger partial charge on any atom is -0.378 e. The fraction of sp³-hybridized carbons (Fsp3) is 0.706. The van der Waals surface area contributed by atoms with Gasteiger partial charge in [-0.2, -0.15) is 4.31 Å². The van der Waals surface area contributed by atoms with Crippen molar-refractivity contribution in [3.05, 3.63) is 24.0 Å². The number of halogens is 1. The molecule has 1 aromatic heterocycles. The first-order valence-electron chi connectivity index (χ1n) is 8.97. The van der Waals surface area contributed by atoms with Gasteiger partial charge in [0.05, 0.1) is 18.5 Å². The Morgan fingerprint density at radius 2 is 1.96 bits per heavy atom. The number of hydrogen-bond donors (Lipinski definition) is 1. The van der Waals surface area contributed by atoms with Crippen LogP contribution in [0.5, 0.6) is 0 Å². The van der Waals surface area contributed by atoms with Gasteiger partial charge in [0.1, 0.15) is 0 Å². The van der Waals surface area contributed by atoms with E-state index in [0.29, 0.717) is 32.7 Å². The van der Waals surface area contributed by atoms with Gasteiger partial charge in [0, 0.05) is 59.2 Å². The molecule has 1 N–H and O–H groups in total. The van der Waals surface area contributed by atoms with Crippen LogP contribution in [-0.2, 0) is 28.4 Å². The predicted octanol–water partition coefficient (Wildman–Crippen LogP) is 1.09. The van der Waals surface area contributed by atoms with Gasteiger partial charge in [-0.1, -0.05) is 0 Å². The maximum atomic E-state index is 12.4. The lowest BCUT2D eigenvalue weighted by atomic mass is 10.3. The third-order valence-electron chi connectivity index (χ3n) is 4.28. The van der Waals surface area contributed by atoms with E-state index >= 15 is 0 Å². The molecule has 0 bridgehead atoms. The molecule has 0 aliphatic carbocycles. The van der Waals surface area contributed by atoms with Crippen molar-refractivity contribution < 1.29 is 13.2 Å². The highest BCUT2D eigenvalue weighted by molar-refractivity contribution is 14.0. The molecule has 1 saturated heterocycles. The van der Waals surface area contributed by atoms with Crippen molar-refractivity contribution in [2.24, 2.45) is 12.0 Å². The van der Waals surface area contributed by atoms with E-state index in [4.69, 9.17) is 4.74 Å². The first-order chi connectivity index (χ1) is 12.3. The molecule has 0 aromatic carbocycles. The van der Waals surface area contributed by atoms with Crippen LogP contribution in [0, 0.1) is 0 Å². The summed E-state index contributed by atoms with van der Waals surface area (Å²) in [4.78, 5) is 6.42. The van der Waals surface area contributed by atoms with Gasteiger partial charge in [-0.05, 0) is 25.5 Å². The topological polar surface area (TPSA) is 79.2 Å². The Bertz CT molecular complexity index is 697. The molecule has 0 radical (unpaired) electrons. The minimum absolute atomic E-state index is 0. The van der Waals surface area contributed by atoms with Crippen LogP contribution < -0.4 is 5.32 Å². The summed E-state index contributed by atoms with van der Waals surface area (Å²) in [5, 5.41) is 3.34. The first-order valence-corrected chi connectivity index (χ1v) is 10.6. The minimum atomic E-state index is -3.27. The third-order valence-corrected chi connectivity index (χ3v) is 6.11. The average Bonchev–Trinajstić information content (AvgIpc) is 3.01. The van der Waals surface area contributed by atoms with E-state index in [2.05, 4.69) is 27.5 Å². The fourth-order valence-corrected chi connectivity index (χ4v) is 4.16. The maximum absolute atomic E-state index is 12.4. The van der Waals surface area contributed by atoms with Crippen molar-refractivity contribution in [3.63, 3.8) is 0 Å². The van der Waals surface area contributed by atoms with Crippen molar-refractivity contribution in [2.45, 2.75) is 26.5 Å². The number of aliphatic imine (C=N–C) groups is 1. The largest absolute Gasteiger partial charge is 0.378 e. The molecule has 1 fully saturated rings. The molecule has 2 heterocycles. The molecule has 0 atom stereocenters. The van der Waals surface area contributed by atoms with E-state index in [0.717, 1.165) is 5.96 Å². The Morgan fingerprint density at radius 3 is 2.48 bits per heavy atom. The molecular weight excluding hydrogens is 481 g/mol. The summed E-state index contributed by atoms with van der Waals surface area (Å²) in [6.45, 7) is 6.92. The Kier molecular flexibility index (Phi) is 10.1. The third kappa shape index (κ3) is 7.59. The van der Waals surface area contributed by atoms with Gasteiger partial charge in [-0.25, -0.2) is 8.42 Å². The summed E-state index contributed by atoms with van der Waals surface area (Å²) >= 11 is 0. The summed E-state index contributed by atoms with van der Waals surface area (Å²) < 4.78 is 33.7. The number of nitrogens with one attached hydrogen (secondary N) is 1. The van der Waals surface area contributed by atoms with E-state index in [9.17, 15) is 8.42 Å². The normalized spacial score (nSPS) is 16.5. The van der Waals surface area contributed by atoms with Crippen LogP contribution >= 0.6 is 24.0 Å². The Balaban J connectivity index is 0.00000364. The van der Waals surface area contributed by atoms with E-state index in [1.807, 2.05) is 31.7 Å². The standard InChI is InChI=1S/C17H31N5O3S.HI/c1-15(2)25-11-12-26(23,24)22-9-7-21(8-10-22)17(18-3)19-13-16-5-6-20(4)14-16;/h5-6,14-15H,7-13H2,1-4H3,(H,18,19);1H. The summed E-state index contributed by atoms with van der Waals surface area (Å²) in [6, 6.07) is 2.06. The van der Waals surface area contributed by atoms with E-state index in [1.165, 1.54) is 5.56 Å². The molecule has 10 heteroatoms. The fourth-order valence-electron chi connectivity index (χ4n) is 2.88. The number of ether oxygens (including phenoxy) is 1. The highest BCUT2D eigenvalue weighted by atomic mass is 127. The van der Waals surface area contributed by atoms with Gasteiger partial charge < -0.3 is 19.5 Å². The van der Waals surface area contributed by atoms with Crippen LogP contribution in [-0.4, -0.2) is 79.8 Å². The molecule has 1 aromatic rings. The highest BCUT2D eigenvalue weighted by Gasteiger charge is 2.27. The second-order valence-electron chi connectivity index (χ2n) is 6.71. The summed E-state index contributed by atoms with van der Waals surface area (Å²) in [7, 11) is 0.471. The molecule has 0 unspecified atom stereocenters. The maximum Gasteiger partial charge on any atom is 0.216 e. The van der Waals surface area contributed by atoms with Crippen LogP contribution in [0.2, 0.25) is 0 Å². The number of hydrogen-bond acceptors (Lipinski definition) is 4. The van der Waals surface area contributed by atoms with Gasteiger partial charge in [-0.15, -0.1) is 24.0 Å². The number of sulfonamides is 1. The van der Waals surface area contributed by atoms with E-state index in [-0.39, 0.29) is 42.4 Å². The monoisotopic (exact) mass is 513 g/mol.